The van der Waals surface area contributed by atoms with Crippen LogP contribution < -0.4 is 5.73 Å². The van der Waals surface area contributed by atoms with Gasteiger partial charge in [-0.3, -0.25) is 0 Å². The fraction of sp³-hybridized carbons (Fsp3) is 0.571. The number of rotatable bonds is 6. The Morgan fingerprint density at radius 3 is 2.60 bits per heavy atom. The van der Waals surface area contributed by atoms with E-state index < -0.39 is 15.8 Å². The lowest BCUT2D eigenvalue weighted by Gasteiger charge is -2.23. The van der Waals surface area contributed by atoms with Crippen molar-refractivity contribution in [3.8, 4) is 0 Å². The first kappa shape index (κ1) is 15.3. The van der Waals surface area contributed by atoms with Crippen LogP contribution in [0, 0.1) is 11.7 Å². The second-order valence-electron chi connectivity index (χ2n) is 5.72. The minimum Gasteiger partial charge on any atom is -0.399 e. The van der Waals surface area contributed by atoms with Gasteiger partial charge in [0, 0.05) is 18.3 Å². The molecule has 112 valence electrons. The van der Waals surface area contributed by atoms with Crippen LogP contribution in [0.15, 0.2) is 23.1 Å². The molecule has 0 atom stereocenters. The molecule has 2 rings (SSSR count). The third-order valence-corrected chi connectivity index (χ3v) is 5.39. The van der Waals surface area contributed by atoms with E-state index in [4.69, 9.17) is 5.73 Å². The van der Waals surface area contributed by atoms with E-state index >= 15 is 0 Å². The lowest BCUT2D eigenvalue weighted by molar-refractivity contribution is 0.371. The molecule has 1 aromatic rings. The van der Waals surface area contributed by atoms with Crippen LogP contribution in [0.1, 0.15) is 33.1 Å². The lowest BCUT2D eigenvalue weighted by Crippen LogP contribution is -2.35. The van der Waals surface area contributed by atoms with E-state index in [9.17, 15) is 12.8 Å². The zero-order valence-corrected chi connectivity index (χ0v) is 12.7. The Kier molecular flexibility index (Phi) is 4.34. The van der Waals surface area contributed by atoms with E-state index in [0.29, 0.717) is 12.5 Å². The van der Waals surface area contributed by atoms with E-state index in [0.717, 1.165) is 25.3 Å². The molecule has 0 bridgehead atoms. The Morgan fingerprint density at radius 2 is 2.05 bits per heavy atom. The average molecular weight is 300 g/mol. The van der Waals surface area contributed by atoms with Gasteiger partial charge in [-0.1, -0.05) is 13.8 Å². The number of nitrogens with zero attached hydrogens (tertiary/aromatic N) is 1. The predicted octanol–water partition coefficient (Wildman–Crippen LogP) is 2.61. The number of halogens is 1. The minimum absolute atomic E-state index is 0.0135. The predicted molar refractivity (Wildman–Crippen MR) is 77.2 cm³/mol. The lowest BCUT2D eigenvalue weighted by atomic mass is 10.1. The summed E-state index contributed by atoms with van der Waals surface area (Å²) >= 11 is 0. The third kappa shape index (κ3) is 3.30. The van der Waals surface area contributed by atoms with Crippen LogP contribution >= 0.6 is 0 Å². The molecule has 0 aromatic heterocycles. The second-order valence-corrected chi connectivity index (χ2v) is 7.58. The van der Waals surface area contributed by atoms with Crippen LogP contribution in [-0.2, 0) is 10.0 Å². The Balaban J connectivity index is 2.32. The van der Waals surface area contributed by atoms with Gasteiger partial charge in [0.25, 0.3) is 0 Å². The van der Waals surface area contributed by atoms with Gasteiger partial charge in [0.1, 0.15) is 10.7 Å². The van der Waals surface area contributed by atoms with Gasteiger partial charge in [-0.05, 0) is 43.4 Å². The highest BCUT2D eigenvalue weighted by Gasteiger charge is 2.38. The van der Waals surface area contributed by atoms with Crippen LogP contribution in [-0.4, -0.2) is 25.3 Å². The maximum atomic E-state index is 13.8. The molecule has 0 spiro atoms. The van der Waals surface area contributed by atoms with E-state index in [1.807, 2.05) is 13.8 Å². The van der Waals surface area contributed by atoms with Crippen molar-refractivity contribution in [3.05, 3.63) is 24.0 Å². The van der Waals surface area contributed by atoms with Gasteiger partial charge in [0.2, 0.25) is 10.0 Å². The average Bonchev–Trinajstić information content (AvgIpc) is 3.16. The first-order chi connectivity index (χ1) is 9.32. The van der Waals surface area contributed by atoms with Crippen LogP contribution in [0.25, 0.3) is 0 Å². The number of hydrogen-bond donors (Lipinski definition) is 1. The normalized spacial score (nSPS) is 16.1. The molecule has 0 heterocycles. The largest absolute Gasteiger partial charge is 0.399 e. The SMILES string of the molecule is CC(C)CCN(C1CC1)S(=O)(=O)c1cc(N)ccc1F. The zero-order chi connectivity index (χ0) is 14.9. The van der Waals surface area contributed by atoms with Crippen molar-refractivity contribution < 1.29 is 12.8 Å². The van der Waals surface area contributed by atoms with Crippen LogP contribution in [0.2, 0.25) is 0 Å². The molecule has 20 heavy (non-hydrogen) atoms. The topological polar surface area (TPSA) is 63.4 Å². The second kappa shape index (κ2) is 5.69. The maximum Gasteiger partial charge on any atom is 0.246 e. The van der Waals surface area contributed by atoms with Gasteiger partial charge in [0.05, 0.1) is 0 Å². The van der Waals surface area contributed by atoms with Crippen molar-refractivity contribution in [2.45, 2.75) is 44.0 Å². The molecule has 1 aliphatic rings. The zero-order valence-electron chi connectivity index (χ0n) is 11.8. The fourth-order valence-corrected chi connectivity index (χ4v) is 3.89. The standard InChI is InChI=1S/C14H21FN2O2S/c1-10(2)7-8-17(12-4-5-12)20(18,19)14-9-11(16)3-6-13(14)15/h3,6,9-10,12H,4-5,7-8,16H2,1-2H3. The Bertz CT molecular complexity index is 583. The minimum atomic E-state index is -3.81. The van der Waals surface area contributed by atoms with Gasteiger partial charge >= 0.3 is 0 Å². The summed E-state index contributed by atoms with van der Waals surface area (Å²) in [5.41, 5.74) is 5.84. The van der Waals surface area contributed by atoms with Crippen LogP contribution in [0.4, 0.5) is 10.1 Å². The van der Waals surface area contributed by atoms with Gasteiger partial charge in [-0.25, -0.2) is 12.8 Å². The van der Waals surface area contributed by atoms with E-state index in [2.05, 4.69) is 0 Å². The summed E-state index contributed by atoms with van der Waals surface area (Å²) in [7, 11) is -3.81. The smallest absolute Gasteiger partial charge is 0.246 e. The molecule has 0 saturated heterocycles. The van der Waals surface area contributed by atoms with Crippen molar-refractivity contribution in [1.29, 1.82) is 0 Å². The molecule has 1 aliphatic carbocycles. The van der Waals surface area contributed by atoms with Gasteiger partial charge < -0.3 is 5.73 Å². The summed E-state index contributed by atoms with van der Waals surface area (Å²) in [6.45, 7) is 4.51. The number of nitrogen functional groups attached to an aromatic ring is 1. The Labute approximate surface area is 119 Å². The van der Waals surface area contributed by atoms with Crippen molar-refractivity contribution in [3.63, 3.8) is 0 Å². The molecule has 0 aliphatic heterocycles. The molecule has 0 radical (unpaired) electrons. The van der Waals surface area contributed by atoms with E-state index in [1.165, 1.54) is 16.4 Å². The van der Waals surface area contributed by atoms with Crippen LogP contribution in [0.3, 0.4) is 0 Å². The number of nitrogens with two attached hydrogens (primary N) is 1. The summed E-state index contributed by atoms with van der Waals surface area (Å²) < 4.78 is 40.5. The molecule has 6 heteroatoms. The molecule has 0 amide bonds. The monoisotopic (exact) mass is 300 g/mol. The van der Waals surface area contributed by atoms with E-state index in [-0.39, 0.29) is 16.6 Å². The molecule has 1 fully saturated rings. The Hall–Kier alpha value is -1.14. The van der Waals surface area contributed by atoms with Crippen molar-refractivity contribution in [1.82, 2.24) is 4.31 Å². The highest BCUT2D eigenvalue weighted by atomic mass is 32.2. The number of sulfonamides is 1. The highest BCUT2D eigenvalue weighted by Crippen LogP contribution is 2.33. The number of anilines is 1. The number of benzene rings is 1. The van der Waals surface area contributed by atoms with Gasteiger partial charge in [-0.15, -0.1) is 0 Å². The summed E-state index contributed by atoms with van der Waals surface area (Å²) in [6, 6.07) is 3.69. The van der Waals surface area contributed by atoms with E-state index in [1.54, 1.807) is 0 Å². The van der Waals surface area contributed by atoms with Crippen molar-refractivity contribution >= 4 is 15.7 Å². The summed E-state index contributed by atoms with van der Waals surface area (Å²) in [4.78, 5) is -0.312. The first-order valence-corrected chi connectivity index (χ1v) is 8.33. The molecule has 1 saturated carbocycles. The summed E-state index contributed by atoms with van der Waals surface area (Å²) in [6.07, 6.45) is 2.46. The molecule has 4 nitrogen and oxygen atoms in total. The fourth-order valence-electron chi connectivity index (χ4n) is 2.09. The summed E-state index contributed by atoms with van der Waals surface area (Å²) in [5, 5.41) is 0. The highest BCUT2D eigenvalue weighted by molar-refractivity contribution is 7.89. The third-order valence-electron chi connectivity index (χ3n) is 3.42. The maximum absolute atomic E-state index is 13.8. The van der Waals surface area contributed by atoms with Gasteiger partial charge in [-0.2, -0.15) is 4.31 Å². The Morgan fingerprint density at radius 1 is 1.40 bits per heavy atom. The molecule has 0 unspecified atom stereocenters. The van der Waals surface area contributed by atoms with Crippen LogP contribution in [0.5, 0.6) is 0 Å². The quantitative estimate of drug-likeness (QED) is 0.821. The van der Waals surface area contributed by atoms with Gasteiger partial charge in [0.15, 0.2) is 0 Å². The molecule has 1 aromatic carbocycles. The van der Waals surface area contributed by atoms with Crippen molar-refractivity contribution in [2.75, 3.05) is 12.3 Å². The summed E-state index contributed by atoms with van der Waals surface area (Å²) in [5.74, 6) is -0.341. The number of hydrogen-bond acceptors (Lipinski definition) is 3. The first-order valence-electron chi connectivity index (χ1n) is 6.89. The molecule has 2 N–H and O–H groups in total. The molecular formula is C14H21FN2O2S. The van der Waals surface area contributed by atoms with Crippen molar-refractivity contribution in [2.24, 2.45) is 5.92 Å². The molecular weight excluding hydrogens is 279 g/mol.